The van der Waals surface area contributed by atoms with Crippen molar-refractivity contribution >= 4 is 33.7 Å². The Balaban J connectivity index is 1.50. The van der Waals surface area contributed by atoms with Crippen LogP contribution in [0.4, 0.5) is 5.69 Å². The van der Waals surface area contributed by atoms with Gasteiger partial charge in [0.15, 0.2) is 0 Å². The van der Waals surface area contributed by atoms with Crippen molar-refractivity contribution in [3.63, 3.8) is 0 Å². The Morgan fingerprint density at radius 3 is 2.55 bits per heavy atom. The number of fused-ring (bicyclic) bond motifs is 1. The van der Waals surface area contributed by atoms with Crippen LogP contribution in [0.2, 0.25) is 0 Å². The van der Waals surface area contributed by atoms with Crippen molar-refractivity contribution in [2.24, 2.45) is 0 Å². The van der Waals surface area contributed by atoms with E-state index in [4.69, 9.17) is 4.98 Å². The zero-order valence-electron chi connectivity index (χ0n) is 16.7. The summed E-state index contributed by atoms with van der Waals surface area (Å²) in [4.78, 5) is 18.4. The number of carbonyl (C=O) groups is 1. The van der Waals surface area contributed by atoms with E-state index in [9.17, 15) is 4.79 Å². The number of aromatic nitrogens is 1. The molecule has 0 aliphatic heterocycles. The van der Waals surface area contributed by atoms with Crippen LogP contribution in [0.5, 0.6) is 0 Å². The molecule has 1 heterocycles. The minimum absolute atomic E-state index is 0.00867. The third-order valence-electron chi connectivity index (χ3n) is 5.15. The third kappa shape index (κ3) is 4.38. The maximum absolute atomic E-state index is 12.6. The number of carbonyl (C=O) groups excluding carboxylic acids is 1. The highest BCUT2D eigenvalue weighted by Crippen LogP contribution is 2.26. The maximum Gasteiger partial charge on any atom is 0.229 e. The molecule has 0 aliphatic rings. The first-order valence-electron chi connectivity index (χ1n) is 9.93. The van der Waals surface area contributed by atoms with Crippen LogP contribution in [0, 0.1) is 6.92 Å². The van der Waals surface area contributed by atoms with E-state index in [0.29, 0.717) is 6.42 Å². The topological polar surface area (TPSA) is 42.0 Å². The lowest BCUT2D eigenvalue weighted by molar-refractivity contribution is -0.115. The minimum atomic E-state index is 0.00867. The van der Waals surface area contributed by atoms with E-state index in [-0.39, 0.29) is 5.91 Å². The first-order valence-corrected chi connectivity index (χ1v) is 10.7. The molecule has 4 heteroatoms. The molecule has 0 fully saturated rings. The molecule has 0 unspecified atom stereocenters. The van der Waals surface area contributed by atoms with E-state index < -0.39 is 0 Å². The van der Waals surface area contributed by atoms with Gasteiger partial charge in [-0.15, -0.1) is 11.3 Å². The van der Waals surface area contributed by atoms with Gasteiger partial charge in [0.25, 0.3) is 0 Å². The van der Waals surface area contributed by atoms with Gasteiger partial charge in [0.05, 0.1) is 17.1 Å². The fourth-order valence-corrected chi connectivity index (χ4v) is 4.72. The largest absolute Gasteiger partial charge is 0.326 e. The van der Waals surface area contributed by atoms with Crippen molar-refractivity contribution in [1.82, 2.24) is 4.98 Å². The monoisotopic (exact) mass is 400 g/mol. The summed E-state index contributed by atoms with van der Waals surface area (Å²) in [6.45, 7) is 4.09. The van der Waals surface area contributed by atoms with Crippen molar-refractivity contribution in [3.8, 4) is 0 Å². The molecule has 1 N–H and O–H groups in total. The van der Waals surface area contributed by atoms with Crippen LogP contribution in [0.3, 0.4) is 0 Å². The molecule has 0 bridgehead atoms. The summed E-state index contributed by atoms with van der Waals surface area (Å²) >= 11 is 1.64. The normalized spacial score (nSPS) is 11.0. The Morgan fingerprint density at radius 1 is 0.966 bits per heavy atom. The average Bonchev–Trinajstić information content (AvgIpc) is 3.07. The molecule has 0 saturated carbocycles. The van der Waals surface area contributed by atoms with Crippen molar-refractivity contribution in [2.45, 2.75) is 33.1 Å². The number of para-hydroxylation sites is 1. The van der Waals surface area contributed by atoms with Gasteiger partial charge in [-0.3, -0.25) is 4.79 Å². The smallest absolute Gasteiger partial charge is 0.229 e. The lowest BCUT2D eigenvalue weighted by Crippen LogP contribution is -2.15. The highest BCUT2D eigenvalue weighted by atomic mass is 32.1. The molecule has 1 aromatic heterocycles. The second kappa shape index (κ2) is 8.58. The van der Waals surface area contributed by atoms with Gasteiger partial charge >= 0.3 is 0 Å². The predicted octanol–water partition coefficient (Wildman–Crippen LogP) is 5.94. The summed E-state index contributed by atoms with van der Waals surface area (Å²) < 4.78 is 0. The Morgan fingerprint density at radius 2 is 1.69 bits per heavy atom. The number of rotatable bonds is 6. The number of hydrogen-bond acceptors (Lipinski definition) is 3. The van der Waals surface area contributed by atoms with Crippen molar-refractivity contribution in [3.05, 3.63) is 93.4 Å². The summed E-state index contributed by atoms with van der Waals surface area (Å²) in [6.07, 6.45) is 2.04. The van der Waals surface area contributed by atoms with Crippen molar-refractivity contribution in [1.29, 1.82) is 0 Å². The molecular formula is C25H24N2OS. The lowest BCUT2D eigenvalue weighted by Gasteiger charge is -2.09. The van der Waals surface area contributed by atoms with Crippen LogP contribution in [0.25, 0.3) is 10.8 Å². The molecule has 4 aromatic rings. The number of amides is 1. The van der Waals surface area contributed by atoms with Gasteiger partial charge in [-0.2, -0.15) is 0 Å². The molecule has 0 aliphatic carbocycles. The summed E-state index contributed by atoms with van der Waals surface area (Å²) in [5.74, 6) is 0.00867. The average molecular weight is 401 g/mol. The highest BCUT2D eigenvalue weighted by molar-refractivity contribution is 7.11. The number of hydrogen-bond donors (Lipinski definition) is 1. The van der Waals surface area contributed by atoms with Crippen LogP contribution < -0.4 is 5.32 Å². The summed E-state index contributed by atoms with van der Waals surface area (Å²) in [7, 11) is 0. The highest BCUT2D eigenvalue weighted by Gasteiger charge is 2.14. The van der Waals surface area contributed by atoms with Gasteiger partial charge in [0.2, 0.25) is 5.91 Å². The number of anilines is 1. The molecule has 0 radical (unpaired) electrons. The van der Waals surface area contributed by atoms with Gasteiger partial charge < -0.3 is 5.32 Å². The van der Waals surface area contributed by atoms with Crippen molar-refractivity contribution < 1.29 is 4.79 Å². The zero-order valence-corrected chi connectivity index (χ0v) is 17.6. The molecule has 4 rings (SSSR count). The molecule has 146 valence electrons. The van der Waals surface area contributed by atoms with Crippen LogP contribution in [0.1, 0.15) is 33.6 Å². The lowest BCUT2D eigenvalue weighted by atomic mass is 10.0. The van der Waals surface area contributed by atoms with E-state index >= 15 is 0 Å². The summed E-state index contributed by atoms with van der Waals surface area (Å²) in [6, 6.07) is 22.8. The Hall–Kier alpha value is -2.98. The molecule has 29 heavy (non-hydrogen) atoms. The molecule has 3 nitrogen and oxygen atoms in total. The van der Waals surface area contributed by atoms with Gasteiger partial charge in [-0.05, 0) is 41.3 Å². The predicted molar refractivity (Wildman–Crippen MR) is 122 cm³/mol. The van der Waals surface area contributed by atoms with Crippen LogP contribution in [-0.4, -0.2) is 10.9 Å². The third-order valence-corrected chi connectivity index (χ3v) is 6.31. The first-order chi connectivity index (χ1) is 14.1. The number of aryl methyl sites for hydroxylation is 2. The standard InChI is InChI=1S/C25H24N2OS/c1-3-18-9-5-7-14-22(18)27-24(28)16-23-17(2)26-25(29-23)15-20-12-8-11-19-10-4-6-13-21(19)20/h4-14H,3,15-16H2,1-2H3,(H,27,28). The zero-order chi connectivity index (χ0) is 20.2. The van der Waals surface area contributed by atoms with Gasteiger partial charge in [-0.1, -0.05) is 67.6 Å². The van der Waals surface area contributed by atoms with Crippen LogP contribution >= 0.6 is 11.3 Å². The number of nitrogens with zero attached hydrogens (tertiary/aromatic N) is 1. The van der Waals surface area contributed by atoms with E-state index in [1.807, 2.05) is 25.1 Å². The number of benzene rings is 3. The fraction of sp³-hybridized carbons (Fsp3) is 0.200. The first kappa shape index (κ1) is 19.3. The molecule has 3 aromatic carbocycles. The fourth-order valence-electron chi connectivity index (χ4n) is 3.63. The molecule has 0 saturated heterocycles. The quantitative estimate of drug-likeness (QED) is 0.435. The SMILES string of the molecule is CCc1ccccc1NC(=O)Cc1sc(Cc2cccc3ccccc23)nc1C. The van der Waals surface area contributed by atoms with Gasteiger partial charge in [-0.25, -0.2) is 4.98 Å². The van der Waals surface area contributed by atoms with Crippen LogP contribution in [0.15, 0.2) is 66.7 Å². The molecule has 1 amide bonds. The molecular weight excluding hydrogens is 376 g/mol. The Kier molecular flexibility index (Phi) is 5.72. The van der Waals surface area contributed by atoms with E-state index in [1.165, 1.54) is 16.3 Å². The Labute approximate surface area is 175 Å². The molecule has 0 spiro atoms. The summed E-state index contributed by atoms with van der Waals surface area (Å²) in [5, 5.41) is 6.62. The molecule has 0 atom stereocenters. The van der Waals surface area contributed by atoms with E-state index in [2.05, 4.69) is 60.8 Å². The van der Waals surface area contributed by atoms with E-state index in [1.54, 1.807) is 11.3 Å². The van der Waals surface area contributed by atoms with Crippen LogP contribution in [-0.2, 0) is 24.1 Å². The summed E-state index contributed by atoms with van der Waals surface area (Å²) in [5.41, 5.74) is 4.27. The Bertz CT molecular complexity index is 1160. The maximum atomic E-state index is 12.6. The van der Waals surface area contributed by atoms with Gasteiger partial charge in [0.1, 0.15) is 0 Å². The number of thiazole rings is 1. The minimum Gasteiger partial charge on any atom is -0.326 e. The second-order valence-corrected chi connectivity index (χ2v) is 8.34. The second-order valence-electron chi connectivity index (χ2n) is 7.17. The number of nitrogens with one attached hydrogen (secondary N) is 1. The van der Waals surface area contributed by atoms with E-state index in [0.717, 1.165) is 39.7 Å². The van der Waals surface area contributed by atoms with Gasteiger partial charge in [0, 0.05) is 17.0 Å². The van der Waals surface area contributed by atoms with Crippen molar-refractivity contribution in [2.75, 3.05) is 5.32 Å².